The molecule has 0 saturated heterocycles. The van der Waals surface area contributed by atoms with Gasteiger partial charge in [0.25, 0.3) is 0 Å². The van der Waals surface area contributed by atoms with Crippen LogP contribution in [0.3, 0.4) is 0 Å². The second-order valence-corrected chi connectivity index (χ2v) is 7.14. The van der Waals surface area contributed by atoms with Crippen LogP contribution in [0.15, 0.2) is 36.4 Å². The third-order valence-corrected chi connectivity index (χ3v) is 4.73. The van der Waals surface area contributed by atoms with Gasteiger partial charge in [0.05, 0.1) is 12.6 Å². The SMILES string of the molecule is CC(Nc1nc(NCCO)cc(Nc2cc(C3CC3)[nH]n2)n1)c1ccc(F)cc1. The Morgan fingerprint density at radius 2 is 1.90 bits per heavy atom. The molecule has 29 heavy (non-hydrogen) atoms. The Labute approximate surface area is 168 Å². The third kappa shape index (κ3) is 5.00. The number of benzene rings is 1. The first-order valence-corrected chi connectivity index (χ1v) is 9.69. The minimum absolute atomic E-state index is 0.00831. The lowest BCUT2D eigenvalue weighted by atomic mass is 10.1. The summed E-state index contributed by atoms with van der Waals surface area (Å²) in [7, 11) is 0. The molecule has 1 aliphatic carbocycles. The Kier molecular flexibility index (Phi) is 5.57. The van der Waals surface area contributed by atoms with E-state index in [9.17, 15) is 4.39 Å². The van der Waals surface area contributed by atoms with Crippen molar-refractivity contribution in [2.75, 3.05) is 29.1 Å². The minimum Gasteiger partial charge on any atom is -0.395 e. The van der Waals surface area contributed by atoms with Crippen LogP contribution in [-0.4, -0.2) is 38.4 Å². The maximum atomic E-state index is 13.2. The molecule has 4 rings (SSSR count). The first-order chi connectivity index (χ1) is 14.1. The molecule has 1 aliphatic rings. The van der Waals surface area contributed by atoms with Gasteiger partial charge in [-0.3, -0.25) is 5.10 Å². The Morgan fingerprint density at radius 1 is 1.14 bits per heavy atom. The van der Waals surface area contributed by atoms with Gasteiger partial charge in [0.1, 0.15) is 17.5 Å². The summed E-state index contributed by atoms with van der Waals surface area (Å²) < 4.78 is 13.2. The van der Waals surface area contributed by atoms with Crippen LogP contribution in [-0.2, 0) is 0 Å². The molecule has 0 radical (unpaired) electrons. The molecule has 0 aliphatic heterocycles. The fourth-order valence-electron chi connectivity index (χ4n) is 3.01. The number of nitrogens with zero attached hydrogens (tertiary/aromatic N) is 3. The van der Waals surface area contributed by atoms with Gasteiger partial charge in [-0.1, -0.05) is 12.1 Å². The summed E-state index contributed by atoms with van der Waals surface area (Å²) in [5.74, 6) is 2.55. The molecule has 1 unspecified atom stereocenters. The van der Waals surface area contributed by atoms with E-state index in [0.717, 1.165) is 11.3 Å². The van der Waals surface area contributed by atoms with Gasteiger partial charge in [-0.05, 0) is 37.5 Å². The molecule has 0 amide bonds. The summed E-state index contributed by atoms with van der Waals surface area (Å²) in [6.45, 7) is 2.32. The average Bonchev–Trinajstić information content (AvgIpc) is 3.46. The normalized spacial score (nSPS) is 14.4. The number of aliphatic hydroxyl groups excluding tert-OH is 1. The van der Waals surface area contributed by atoms with Crippen molar-refractivity contribution in [2.45, 2.75) is 31.7 Å². The van der Waals surface area contributed by atoms with Gasteiger partial charge >= 0.3 is 0 Å². The van der Waals surface area contributed by atoms with Crippen molar-refractivity contribution in [3.63, 3.8) is 0 Å². The molecule has 2 heterocycles. The number of hydrogen-bond acceptors (Lipinski definition) is 7. The van der Waals surface area contributed by atoms with Crippen LogP contribution >= 0.6 is 0 Å². The zero-order valence-corrected chi connectivity index (χ0v) is 16.1. The summed E-state index contributed by atoms with van der Waals surface area (Å²) in [5, 5.41) is 25.9. The average molecular weight is 397 g/mol. The molecule has 1 fully saturated rings. The molecule has 9 heteroatoms. The van der Waals surface area contributed by atoms with Gasteiger partial charge in [-0.15, -0.1) is 0 Å². The molecule has 152 valence electrons. The number of aromatic amines is 1. The van der Waals surface area contributed by atoms with Crippen molar-refractivity contribution in [1.29, 1.82) is 0 Å². The Morgan fingerprint density at radius 3 is 2.62 bits per heavy atom. The monoisotopic (exact) mass is 397 g/mol. The molecule has 2 aromatic heterocycles. The number of H-pyrrole nitrogens is 1. The second kappa shape index (κ2) is 8.44. The second-order valence-electron chi connectivity index (χ2n) is 7.14. The lowest BCUT2D eigenvalue weighted by Gasteiger charge is -2.16. The van der Waals surface area contributed by atoms with E-state index in [1.165, 1.54) is 25.0 Å². The van der Waals surface area contributed by atoms with Crippen molar-refractivity contribution >= 4 is 23.4 Å². The van der Waals surface area contributed by atoms with Gasteiger partial charge < -0.3 is 21.1 Å². The molecular formula is C20H24FN7O. The van der Waals surface area contributed by atoms with Gasteiger partial charge in [0.2, 0.25) is 5.95 Å². The van der Waals surface area contributed by atoms with Gasteiger partial charge in [0.15, 0.2) is 5.82 Å². The Balaban J connectivity index is 1.53. The van der Waals surface area contributed by atoms with E-state index >= 15 is 0 Å². The van der Waals surface area contributed by atoms with Crippen LogP contribution in [0.2, 0.25) is 0 Å². The molecule has 3 aromatic rings. The standard InChI is InChI=1S/C20H24FN7O/c1-12(13-4-6-15(21)7-5-13)23-20-25-17(22-8-9-29)11-18(26-20)24-19-10-16(27-28-19)14-2-3-14/h4-7,10-12,14,29H,2-3,8-9H2,1H3,(H4,22,23,24,25,26,27,28). The summed E-state index contributed by atoms with van der Waals surface area (Å²) >= 11 is 0. The highest BCUT2D eigenvalue weighted by molar-refractivity contribution is 5.59. The smallest absolute Gasteiger partial charge is 0.227 e. The predicted octanol–water partition coefficient (Wildman–Crippen LogP) is 3.54. The van der Waals surface area contributed by atoms with Gasteiger partial charge in [-0.25, -0.2) is 4.39 Å². The number of aromatic nitrogens is 4. The number of hydrogen-bond donors (Lipinski definition) is 5. The van der Waals surface area contributed by atoms with Crippen molar-refractivity contribution in [2.24, 2.45) is 0 Å². The van der Waals surface area contributed by atoms with E-state index < -0.39 is 0 Å². The Bertz CT molecular complexity index is 956. The lowest BCUT2D eigenvalue weighted by molar-refractivity contribution is 0.311. The molecule has 5 N–H and O–H groups in total. The predicted molar refractivity (Wildman–Crippen MR) is 110 cm³/mol. The maximum Gasteiger partial charge on any atom is 0.227 e. The number of anilines is 4. The lowest BCUT2D eigenvalue weighted by Crippen LogP contribution is -2.13. The number of halogens is 1. The van der Waals surface area contributed by atoms with Crippen LogP contribution < -0.4 is 16.0 Å². The van der Waals surface area contributed by atoms with Crippen molar-refractivity contribution in [1.82, 2.24) is 20.2 Å². The quantitative estimate of drug-likeness (QED) is 0.376. The van der Waals surface area contributed by atoms with Crippen molar-refractivity contribution in [3.05, 3.63) is 53.5 Å². The number of rotatable bonds is 9. The molecule has 1 aromatic carbocycles. The van der Waals surface area contributed by atoms with Crippen LogP contribution in [0.25, 0.3) is 0 Å². The molecule has 1 atom stereocenters. The van der Waals surface area contributed by atoms with Crippen molar-refractivity contribution in [3.8, 4) is 0 Å². The summed E-state index contributed by atoms with van der Waals surface area (Å²) in [4.78, 5) is 8.98. The van der Waals surface area contributed by atoms with E-state index in [-0.39, 0.29) is 18.5 Å². The van der Waals surface area contributed by atoms with E-state index in [1.54, 1.807) is 18.2 Å². The molecule has 8 nitrogen and oxygen atoms in total. The fraction of sp³-hybridized carbons (Fsp3) is 0.350. The van der Waals surface area contributed by atoms with E-state index in [2.05, 4.69) is 36.1 Å². The fourth-order valence-corrected chi connectivity index (χ4v) is 3.01. The van der Waals surface area contributed by atoms with Crippen LogP contribution in [0, 0.1) is 5.82 Å². The van der Waals surface area contributed by atoms with E-state index in [0.29, 0.717) is 35.9 Å². The summed E-state index contributed by atoms with van der Waals surface area (Å²) in [5.41, 5.74) is 2.04. The first kappa shape index (κ1) is 19.1. The molecule has 0 spiro atoms. The van der Waals surface area contributed by atoms with Gasteiger partial charge in [0, 0.05) is 30.3 Å². The first-order valence-electron chi connectivity index (χ1n) is 9.69. The zero-order valence-electron chi connectivity index (χ0n) is 16.1. The maximum absolute atomic E-state index is 13.2. The molecule has 1 saturated carbocycles. The van der Waals surface area contributed by atoms with E-state index in [4.69, 9.17) is 5.11 Å². The van der Waals surface area contributed by atoms with Crippen molar-refractivity contribution < 1.29 is 9.50 Å². The summed E-state index contributed by atoms with van der Waals surface area (Å²) in [6, 6.07) is 9.93. The topological polar surface area (TPSA) is 111 Å². The van der Waals surface area contributed by atoms with Crippen LogP contribution in [0.1, 0.15) is 43.0 Å². The highest BCUT2D eigenvalue weighted by atomic mass is 19.1. The zero-order chi connectivity index (χ0) is 20.2. The van der Waals surface area contributed by atoms with Gasteiger partial charge in [-0.2, -0.15) is 15.1 Å². The number of nitrogens with one attached hydrogen (secondary N) is 4. The van der Waals surface area contributed by atoms with Crippen LogP contribution in [0.5, 0.6) is 0 Å². The molecule has 0 bridgehead atoms. The Hall–Kier alpha value is -3.20. The molecular weight excluding hydrogens is 373 g/mol. The van der Waals surface area contributed by atoms with Crippen LogP contribution in [0.4, 0.5) is 27.8 Å². The minimum atomic E-state index is -0.275. The third-order valence-electron chi connectivity index (χ3n) is 4.73. The highest BCUT2D eigenvalue weighted by Gasteiger charge is 2.25. The largest absolute Gasteiger partial charge is 0.395 e. The summed E-state index contributed by atoms with van der Waals surface area (Å²) in [6.07, 6.45) is 2.39. The highest BCUT2D eigenvalue weighted by Crippen LogP contribution is 2.39. The number of aliphatic hydroxyl groups is 1. The van der Waals surface area contributed by atoms with E-state index in [1.807, 2.05) is 13.0 Å².